The minimum Gasteiger partial charge on any atom is -0.406 e. The van der Waals surface area contributed by atoms with Crippen molar-refractivity contribution in [1.82, 2.24) is 0 Å². The highest BCUT2D eigenvalue weighted by Gasteiger charge is 2.31. The fourth-order valence-corrected chi connectivity index (χ4v) is 1.57. The Labute approximate surface area is 95.5 Å². The lowest BCUT2D eigenvalue weighted by Gasteiger charge is -2.22. The van der Waals surface area contributed by atoms with Gasteiger partial charge in [-0.15, -0.1) is 13.2 Å². The molecule has 0 aromatic heterocycles. The molecule has 1 aliphatic heterocycles. The van der Waals surface area contributed by atoms with Crippen molar-refractivity contribution >= 4 is 11.8 Å². The Morgan fingerprint density at radius 2 is 2.06 bits per heavy atom. The SMILES string of the molecule is CC1=Cc2cc(OC(F)(F)F)ccc2NC1O. The number of aliphatic hydroxyl groups excluding tert-OH is 1. The Balaban J connectivity index is 2.31. The molecule has 0 spiro atoms. The molecule has 2 N–H and O–H groups in total. The predicted molar refractivity (Wildman–Crippen MR) is 56.4 cm³/mol. The molecule has 17 heavy (non-hydrogen) atoms. The molecule has 0 saturated heterocycles. The van der Waals surface area contributed by atoms with E-state index in [0.29, 0.717) is 16.8 Å². The first-order valence-corrected chi connectivity index (χ1v) is 4.88. The monoisotopic (exact) mass is 245 g/mol. The lowest BCUT2D eigenvalue weighted by atomic mass is 10.0. The molecule has 1 aromatic carbocycles. The van der Waals surface area contributed by atoms with E-state index in [-0.39, 0.29) is 5.75 Å². The second kappa shape index (κ2) is 3.96. The topological polar surface area (TPSA) is 41.5 Å². The van der Waals surface area contributed by atoms with Gasteiger partial charge in [0.1, 0.15) is 12.0 Å². The fraction of sp³-hybridized carbons (Fsp3) is 0.273. The van der Waals surface area contributed by atoms with Crippen LogP contribution in [-0.4, -0.2) is 17.7 Å². The van der Waals surface area contributed by atoms with Crippen LogP contribution in [0.1, 0.15) is 12.5 Å². The Kier molecular flexibility index (Phi) is 2.74. The summed E-state index contributed by atoms with van der Waals surface area (Å²) in [7, 11) is 0. The second-order valence-corrected chi connectivity index (χ2v) is 3.73. The van der Waals surface area contributed by atoms with Crippen LogP contribution in [0.2, 0.25) is 0 Å². The molecule has 0 radical (unpaired) electrons. The van der Waals surface area contributed by atoms with E-state index in [9.17, 15) is 18.3 Å². The standard InChI is InChI=1S/C11H10F3NO2/c1-6-4-7-5-8(17-11(12,13)14)2-3-9(7)15-10(6)16/h2-5,10,15-16H,1H3. The van der Waals surface area contributed by atoms with Crippen LogP contribution in [0.25, 0.3) is 6.08 Å². The van der Waals surface area contributed by atoms with Gasteiger partial charge in [-0.3, -0.25) is 0 Å². The zero-order chi connectivity index (χ0) is 12.6. The van der Waals surface area contributed by atoms with Gasteiger partial charge in [-0.05, 0) is 36.8 Å². The van der Waals surface area contributed by atoms with E-state index in [2.05, 4.69) is 10.1 Å². The number of aliphatic hydroxyl groups is 1. The number of halogens is 3. The number of fused-ring (bicyclic) bond motifs is 1. The third-order valence-corrected chi connectivity index (χ3v) is 2.36. The van der Waals surface area contributed by atoms with Gasteiger partial charge >= 0.3 is 6.36 Å². The molecular formula is C11H10F3NO2. The maximum absolute atomic E-state index is 12.0. The van der Waals surface area contributed by atoms with Gasteiger partial charge < -0.3 is 15.2 Å². The van der Waals surface area contributed by atoms with Gasteiger partial charge in [-0.1, -0.05) is 0 Å². The first kappa shape index (κ1) is 11.8. The number of rotatable bonds is 1. The van der Waals surface area contributed by atoms with E-state index in [0.717, 1.165) is 0 Å². The van der Waals surface area contributed by atoms with Crippen molar-refractivity contribution in [3.05, 3.63) is 29.3 Å². The van der Waals surface area contributed by atoms with Crippen LogP contribution >= 0.6 is 0 Å². The number of ether oxygens (including phenoxy) is 1. The first-order valence-electron chi connectivity index (χ1n) is 4.88. The molecule has 92 valence electrons. The van der Waals surface area contributed by atoms with Crippen LogP contribution in [-0.2, 0) is 0 Å². The molecule has 1 aliphatic rings. The zero-order valence-electron chi connectivity index (χ0n) is 8.88. The van der Waals surface area contributed by atoms with Crippen LogP contribution in [0.3, 0.4) is 0 Å². The minimum absolute atomic E-state index is 0.279. The number of benzene rings is 1. The van der Waals surface area contributed by atoms with Crippen LogP contribution in [0, 0.1) is 0 Å². The largest absolute Gasteiger partial charge is 0.573 e. The highest BCUT2D eigenvalue weighted by Crippen LogP contribution is 2.31. The first-order chi connectivity index (χ1) is 7.85. The van der Waals surface area contributed by atoms with E-state index >= 15 is 0 Å². The minimum atomic E-state index is -4.70. The Bertz CT molecular complexity index is 468. The molecule has 1 atom stereocenters. The van der Waals surface area contributed by atoms with E-state index in [1.807, 2.05) is 0 Å². The third kappa shape index (κ3) is 2.71. The average molecular weight is 245 g/mol. The number of hydrogen-bond acceptors (Lipinski definition) is 3. The maximum atomic E-state index is 12.0. The lowest BCUT2D eigenvalue weighted by molar-refractivity contribution is -0.274. The van der Waals surface area contributed by atoms with Crippen molar-refractivity contribution in [2.45, 2.75) is 19.5 Å². The van der Waals surface area contributed by atoms with Crippen molar-refractivity contribution in [1.29, 1.82) is 0 Å². The molecular weight excluding hydrogens is 235 g/mol. The fourth-order valence-electron chi connectivity index (χ4n) is 1.57. The Morgan fingerprint density at radius 3 is 2.71 bits per heavy atom. The van der Waals surface area contributed by atoms with Crippen molar-refractivity contribution in [3.8, 4) is 5.75 Å². The summed E-state index contributed by atoms with van der Waals surface area (Å²) in [5.74, 6) is -0.279. The predicted octanol–water partition coefficient (Wildman–Crippen LogP) is 2.73. The van der Waals surface area contributed by atoms with Gasteiger partial charge in [-0.25, -0.2) is 0 Å². The van der Waals surface area contributed by atoms with Gasteiger partial charge in [0.15, 0.2) is 0 Å². The number of hydrogen-bond donors (Lipinski definition) is 2. The molecule has 1 heterocycles. The molecule has 6 heteroatoms. The molecule has 0 bridgehead atoms. The van der Waals surface area contributed by atoms with Crippen molar-refractivity contribution < 1.29 is 23.0 Å². The molecule has 0 aliphatic carbocycles. The molecule has 0 saturated carbocycles. The van der Waals surface area contributed by atoms with Gasteiger partial charge in [0.25, 0.3) is 0 Å². The van der Waals surface area contributed by atoms with E-state index < -0.39 is 12.6 Å². The van der Waals surface area contributed by atoms with Crippen LogP contribution in [0.15, 0.2) is 23.8 Å². The van der Waals surface area contributed by atoms with Crippen molar-refractivity contribution in [3.63, 3.8) is 0 Å². The summed E-state index contributed by atoms with van der Waals surface area (Å²) >= 11 is 0. The Hall–Kier alpha value is -1.69. The summed E-state index contributed by atoms with van der Waals surface area (Å²) in [6, 6.07) is 3.90. The summed E-state index contributed by atoms with van der Waals surface area (Å²) in [6.07, 6.45) is -3.90. The van der Waals surface area contributed by atoms with Crippen LogP contribution in [0.4, 0.5) is 18.9 Å². The Morgan fingerprint density at radius 1 is 1.35 bits per heavy atom. The quantitative estimate of drug-likeness (QED) is 0.799. The molecule has 0 amide bonds. The number of anilines is 1. The van der Waals surface area contributed by atoms with E-state index in [4.69, 9.17) is 0 Å². The van der Waals surface area contributed by atoms with Gasteiger partial charge in [-0.2, -0.15) is 0 Å². The molecule has 0 fully saturated rings. The summed E-state index contributed by atoms with van der Waals surface area (Å²) in [4.78, 5) is 0. The third-order valence-electron chi connectivity index (χ3n) is 2.36. The van der Waals surface area contributed by atoms with Crippen LogP contribution < -0.4 is 10.1 Å². The summed E-state index contributed by atoms with van der Waals surface area (Å²) in [6.45, 7) is 1.68. The molecule has 1 aromatic rings. The van der Waals surface area contributed by atoms with Gasteiger partial charge in [0.05, 0.1) is 0 Å². The number of nitrogens with one attached hydrogen (secondary N) is 1. The van der Waals surface area contributed by atoms with Gasteiger partial charge in [0.2, 0.25) is 0 Å². The highest BCUT2D eigenvalue weighted by atomic mass is 19.4. The lowest BCUT2D eigenvalue weighted by Crippen LogP contribution is -2.23. The smallest absolute Gasteiger partial charge is 0.406 e. The van der Waals surface area contributed by atoms with E-state index in [1.54, 1.807) is 13.0 Å². The van der Waals surface area contributed by atoms with Gasteiger partial charge in [0, 0.05) is 11.3 Å². The average Bonchev–Trinajstić information content (AvgIpc) is 2.18. The van der Waals surface area contributed by atoms with E-state index in [1.165, 1.54) is 18.2 Å². The van der Waals surface area contributed by atoms with Crippen molar-refractivity contribution in [2.24, 2.45) is 0 Å². The maximum Gasteiger partial charge on any atom is 0.573 e. The summed E-state index contributed by atoms with van der Waals surface area (Å²) < 4.78 is 39.9. The molecule has 1 unspecified atom stereocenters. The zero-order valence-corrected chi connectivity index (χ0v) is 8.88. The summed E-state index contributed by atoms with van der Waals surface area (Å²) in [5.41, 5.74) is 1.74. The number of alkyl halides is 3. The van der Waals surface area contributed by atoms with Crippen molar-refractivity contribution in [2.75, 3.05) is 5.32 Å². The second-order valence-electron chi connectivity index (χ2n) is 3.73. The molecule has 3 nitrogen and oxygen atoms in total. The highest BCUT2D eigenvalue weighted by molar-refractivity contribution is 5.73. The van der Waals surface area contributed by atoms with Crippen LogP contribution in [0.5, 0.6) is 5.75 Å². The normalized spacial score (nSPS) is 19.1. The summed E-state index contributed by atoms with van der Waals surface area (Å²) in [5, 5.41) is 12.2. The molecule has 2 rings (SSSR count).